The summed E-state index contributed by atoms with van der Waals surface area (Å²) in [7, 11) is -3.62. The Bertz CT molecular complexity index is 685. The van der Waals surface area contributed by atoms with E-state index >= 15 is 0 Å². The molecule has 1 aliphatic heterocycles. The number of nitrogens with one attached hydrogen (secondary N) is 2. The van der Waals surface area contributed by atoms with E-state index in [0.29, 0.717) is 18.7 Å². The number of hydrogen-bond donors (Lipinski definition) is 3. The second kappa shape index (κ2) is 8.94. The zero-order valence-corrected chi connectivity index (χ0v) is 16.3. The predicted octanol–water partition coefficient (Wildman–Crippen LogP) is 1.39. The molecule has 1 fully saturated rings. The number of amides is 1. The van der Waals surface area contributed by atoms with Gasteiger partial charge in [0.25, 0.3) is 5.91 Å². The van der Waals surface area contributed by atoms with E-state index in [4.69, 9.17) is 10.5 Å². The number of carbonyl (C=O) groups is 1. The maximum absolute atomic E-state index is 12.4. The zero-order chi connectivity index (χ0) is 19.2. The van der Waals surface area contributed by atoms with Crippen LogP contribution in [0.1, 0.15) is 49.9 Å². The summed E-state index contributed by atoms with van der Waals surface area (Å²) in [6.07, 6.45) is 3.20. The minimum atomic E-state index is -3.62. The van der Waals surface area contributed by atoms with E-state index < -0.39 is 15.6 Å². The molecule has 0 saturated carbocycles. The third kappa shape index (κ3) is 5.03. The van der Waals surface area contributed by atoms with Gasteiger partial charge in [0.1, 0.15) is 0 Å². The summed E-state index contributed by atoms with van der Waals surface area (Å²) in [4.78, 5) is 12.6. The highest BCUT2D eigenvalue weighted by Gasteiger charge is 2.27. The number of hydrogen-bond acceptors (Lipinski definition) is 5. The van der Waals surface area contributed by atoms with Crippen LogP contribution in [0.5, 0.6) is 0 Å². The highest BCUT2D eigenvalue weighted by molar-refractivity contribution is 7.89. The molecule has 1 saturated heterocycles. The van der Waals surface area contributed by atoms with Crippen LogP contribution in [0.4, 0.5) is 0 Å². The molecule has 1 atom stereocenters. The molecule has 1 unspecified atom stereocenters. The van der Waals surface area contributed by atoms with Gasteiger partial charge in [0, 0.05) is 25.3 Å². The lowest BCUT2D eigenvalue weighted by Crippen LogP contribution is -2.52. The molecule has 4 N–H and O–H groups in total. The molecule has 2 rings (SSSR count). The van der Waals surface area contributed by atoms with Crippen LogP contribution < -0.4 is 15.8 Å². The molecular weight excluding hydrogens is 354 g/mol. The second-order valence-corrected chi connectivity index (χ2v) is 8.42. The van der Waals surface area contributed by atoms with Crippen molar-refractivity contribution in [2.24, 2.45) is 5.73 Å². The summed E-state index contributed by atoms with van der Waals surface area (Å²) in [6.45, 7) is 5.25. The van der Waals surface area contributed by atoms with Crippen LogP contribution in [0, 0.1) is 0 Å². The first kappa shape index (κ1) is 20.8. The Balaban J connectivity index is 2.03. The van der Waals surface area contributed by atoms with Gasteiger partial charge in [-0.25, -0.2) is 13.1 Å². The van der Waals surface area contributed by atoms with Crippen LogP contribution >= 0.6 is 0 Å². The van der Waals surface area contributed by atoms with E-state index in [1.54, 1.807) is 0 Å². The number of nitrogens with two attached hydrogens (primary N) is 1. The van der Waals surface area contributed by atoms with E-state index in [1.165, 1.54) is 24.3 Å². The summed E-state index contributed by atoms with van der Waals surface area (Å²) in [5, 5.41) is 2.97. The Kier molecular flexibility index (Phi) is 7.16. The molecule has 1 aromatic carbocycles. The molecule has 26 heavy (non-hydrogen) atoms. The minimum Gasteiger partial charge on any atom is -0.377 e. The fourth-order valence-corrected chi connectivity index (χ4v) is 4.02. The highest BCUT2D eigenvalue weighted by atomic mass is 32.2. The van der Waals surface area contributed by atoms with E-state index in [2.05, 4.69) is 10.0 Å². The van der Waals surface area contributed by atoms with Crippen LogP contribution in [-0.4, -0.2) is 45.7 Å². The Morgan fingerprint density at radius 3 is 2.42 bits per heavy atom. The van der Waals surface area contributed by atoms with Gasteiger partial charge >= 0.3 is 0 Å². The van der Waals surface area contributed by atoms with Crippen LogP contribution in [0.3, 0.4) is 0 Å². The van der Waals surface area contributed by atoms with Crippen LogP contribution in [0.15, 0.2) is 29.2 Å². The molecule has 1 heterocycles. The molecule has 8 heteroatoms. The fraction of sp³-hybridized carbons (Fsp3) is 0.611. The smallest absolute Gasteiger partial charge is 0.251 e. The molecule has 7 nitrogen and oxygen atoms in total. The molecule has 146 valence electrons. The van der Waals surface area contributed by atoms with Crippen molar-refractivity contribution in [3.8, 4) is 0 Å². The third-order valence-electron chi connectivity index (χ3n) is 5.07. The summed E-state index contributed by atoms with van der Waals surface area (Å²) in [5.74, 6) is -0.254. The first-order valence-electron chi connectivity index (χ1n) is 9.09. The quantitative estimate of drug-likeness (QED) is 0.597. The largest absolute Gasteiger partial charge is 0.377 e. The maximum atomic E-state index is 12.4. The van der Waals surface area contributed by atoms with Crippen molar-refractivity contribution >= 4 is 15.9 Å². The summed E-state index contributed by atoms with van der Waals surface area (Å²) < 4.78 is 32.7. The van der Waals surface area contributed by atoms with E-state index in [1.807, 2.05) is 13.8 Å². The monoisotopic (exact) mass is 383 g/mol. The van der Waals surface area contributed by atoms with E-state index in [0.717, 1.165) is 25.7 Å². The molecule has 1 aromatic rings. The Morgan fingerprint density at radius 2 is 1.92 bits per heavy atom. The van der Waals surface area contributed by atoms with Crippen molar-refractivity contribution in [3.63, 3.8) is 0 Å². The van der Waals surface area contributed by atoms with E-state index in [-0.39, 0.29) is 23.5 Å². The minimum absolute atomic E-state index is 0.0673. The molecule has 0 aliphatic carbocycles. The highest BCUT2D eigenvalue weighted by Crippen LogP contribution is 2.17. The van der Waals surface area contributed by atoms with Crippen molar-refractivity contribution < 1.29 is 17.9 Å². The normalized spacial score (nSPS) is 18.0. The lowest BCUT2D eigenvalue weighted by Gasteiger charge is -2.31. The number of ether oxygens (including phenoxy) is 1. The SMILES string of the molecule is CCC(CC)(CN)NC(=O)c1ccc(S(=O)(=O)NCC2CCCO2)cc1. The first-order valence-corrected chi connectivity index (χ1v) is 10.6. The van der Waals surface area contributed by atoms with Crippen molar-refractivity contribution in [2.75, 3.05) is 19.7 Å². The van der Waals surface area contributed by atoms with Crippen molar-refractivity contribution in [1.82, 2.24) is 10.0 Å². The zero-order valence-electron chi connectivity index (χ0n) is 15.5. The van der Waals surface area contributed by atoms with Gasteiger partial charge in [0.15, 0.2) is 0 Å². The van der Waals surface area contributed by atoms with Gasteiger partial charge in [-0.3, -0.25) is 4.79 Å². The van der Waals surface area contributed by atoms with Gasteiger partial charge in [-0.1, -0.05) is 13.8 Å². The predicted molar refractivity (Wildman–Crippen MR) is 100 cm³/mol. The number of sulfonamides is 1. The summed E-state index contributed by atoms with van der Waals surface area (Å²) >= 11 is 0. The fourth-order valence-electron chi connectivity index (χ4n) is 2.96. The summed E-state index contributed by atoms with van der Waals surface area (Å²) in [5.41, 5.74) is 5.77. The van der Waals surface area contributed by atoms with Gasteiger partial charge in [0.2, 0.25) is 10.0 Å². The molecule has 0 radical (unpaired) electrons. The van der Waals surface area contributed by atoms with Gasteiger partial charge in [-0.15, -0.1) is 0 Å². The summed E-state index contributed by atoms with van der Waals surface area (Å²) in [6, 6.07) is 5.91. The number of rotatable bonds is 9. The van der Waals surface area contributed by atoms with E-state index in [9.17, 15) is 13.2 Å². The standard InChI is InChI=1S/C18H29N3O4S/c1-3-18(4-2,13-19)21-17(22)14-7-9-16(10-8-14)26(23,24)20-12-15-6-5-11-25-15/h7-10,15,20H,3-6,11-13,19H2,1-2H3,(H,21,22). The van der Waals surface area contributed by atoms with Gasteiger partial charge in [0.05, 0.1) is 16.5 Å². The van der Waals surface area contributed by atoms with Crippen molar-refractivity contribution in [2.45, 2.75) is 56.1 Å². The number of carbonyl (C=O) groups excluding carboxylic acids is 1. The topological polar surface area (TPSA) is 111 Å². The van der Waals surface area contributed by atoms with Gasteiger partial charge in [-0.05, 0) is 49.9 Å². The Morgan fingerprint density at radius 1 is 1.27 bits per heavy atom. The van der Waals surface area contributed by atoms with Crippen LogP contribution in [-0.2, 0) is 14.8 Å². The Hall–Kier alpha value is -1.48. The van der Waals surface area contributed by atoms with Gasteiger partial charge in [-0.2, -0.15) is 0 Å². The number of benzene rings is 1. The lowest BCUT2D eigenvalue weighted by atomic mass is 9.92. The molecule has 1 aliphatic rings. The third-order valence-corrected chi connectivity index (χ3v) is 6.51. The van der Waals surface area contributed by atoms with Crippen LogP contribution in [0.2, 0.25) is 0 Å². The molecule has 0 spiro atoms. The average Bonchev–Trinajstić information content (AvgIpc) is 3.18. The molecule has 0 bridgehead atoms. The first-order chi connectivity index (χ1) is 12.4. The maximum Gasteiger partial charge on any atom is 0.251 e. The Labute approximate surface area is 155 Å². The van der Waals surface area contributed by atoms with Gasteiger partial charge < -0.3 is 15.8 Å². The van der Waals surface area contributed by atoms with Crippen molar-refractivity contribution in [3.05, 3.63) is 29.8 Å². The lowest BCUT2D eigenvalue weighted by molar-refractivity contribution is 0.0895. The van der Waals surface area contributed by atoms with Crippen LogP contribution in [0.25, 0.3) is 0 Å². The van der Waals surface area contributed by atoms with Crippen molar-refractivity contribution in [1.29, 1.82) is 0 Å². The molecule has 1 amide bonds. The molecular formula is C18H29N3O4S. The molecule has 0 aromatic heterocycles. The average molecular weight is 384 g/mol. The second-order valence-electron chi connectivity index (χ2n) is 6.66.